The van der Waals surface area contributed by atoms with E-state index in [-0.39, 0.29) is 6.61 Å². The molecule has 3 saturated heterocycles. The van der Waals surface area contributed by atoms with Gasteiger partial charge in [-0.15, -0.1) is 0 Å². The van der Waals surface area contributed by atoms with Gasteiger partial charge in [-0.1, -0.05) is 30.3 Å². The second-order valence-corrected chi connectivity index (χ2v) is 15.0. The third-order valence-electron chi connectivity index (χ3n) is 9.45. The third kappa shape index (κ3) is 15.7. The van der Waals surface area contributed by atoms with Gasteiger partial charge in [-0.2, -0.15) is 0 Å². The molecule has 0 spiro atoms. The Hall–Kier alpha value is -5.79. The van der Waals surface area contributed by atoms with Crippen LogP contribution in [0, 0.1) is 0 Å². The van der Waals surface area contributed by atoms with Crippen molar-refractivity contribution in [3.63, 3.8) is 0 Å². The highest BCUT2D eigenvalue weighted by molar-refractivity contribution is 5.70. The van der Waals surface area contributed by atoms with Crippen LogP contribution in [0.5, 0.6) is 0 Å². The van der Waals surface area contributed by atoms with E-state index in [9.17, 15) is 43.2 Å². The highest BCUT2D eigenvalue weighted by atomic mass is 16.8. The standard InChI is InChI=1S/C42H54O24/c1-19(43)52-16-29-32(56-22(4)46)35(58-24(6)48)38(60-26(8)50)41(63-29)65-34-31(18-54-21(3)45)62-40(55-15-28-13-11-10-12-14-28)37(34)66-42-39(61-27(9)51)36(59-25(7)49)33(57-23(5)47)30(64-42)17-53-20(2)44/h10-14,29-42H,15-18H2,1-9H3/t29-,30-,31-,32-,33-,34-,35+,36+,37+,38+,39+,40+,41-,42-/m1/s1. The van der Waals surface area contributed by atoms with Crippen molar-refractivity contribution < 1.29 is 114 Å². The molecular formula is C42H54O24. The average Bonchev–Trinajstić information content (AvgIpc) is 3.53. The van der Waals surface area contributed by atoms with Crippen molar-refractivity contribution in [2.75, 3.05) is 19.8 Å². The normalized spacial score (nSPS) is 30.4. The molecule has 14 atom stereocenters. The minimum atomic E-state index is -1.87. The van der Waals surface area contributed by atoms with Gasteiger partial charge >= 0.3 is 53.7 Å². The molecule has 0 aromatic heterocycles. The molecule has 3 aliphatic rings. The van der Waals surface area contributed by atoms with Gasteiger partial charge in [0.15, 0.2) is 55.5 Å². The molecule has 0 unspecified atom stereocenters. The first-order valence-corrected chi connectivity index (χ1v) is 20.5. The van der Waals surface area contributed by atoms with E-state index >= 15 is 0 Å². The number of rotatable bonds is 19. The molecule has 3 aliphatic heterocycles. The van der Waals surface area contributed by atoms with E-state index in [1.807, 2.05) is 0 Å². The van der Waals surface area contributed by atoms with Crippen molar-refractivity contribution in [3.05, 3.63) is 35.9 Å². The molecule has 0 bridgehead atoms. The Balaban J connectivity index is 1.91. The predicted octanol–water partition coefficient (Wildman–Crippen LogP) is 0.428. The molecule has 1 aromatic carbocycles. The van der Waals surface area contributed by atoms with E-state index in [0.29, 0.717) is 5.56 Å². The van der Waals surface area contributed by atoms with Crippen LogP contribution in [0.15, 0.2) is 30.3 Å². The van der Waals surface area contributed by atoms with Crippen molar-refractivity contribution in [1.82, 2.24) is 0 Å². The van der Waals surface area contributed by atoms with Crippen LogP contribution >= 0.6 is 0 Å². The highest BCUT2D eigenvalue weighted by Gasteiger charge is 2.59. The quantitative estimate of drug-likeness (QED) is 0.134. The monoisotopic (exact) mass is 942 g/mol. The summed E-state index contributed by atoms with van der Waals surface area (Å²) < 4.78 is 87.1. The summed E-state index contributed by atoms with van der Waals surface area (Å²) in [5.74, 6) is -7.89. The molecule has 66 heavy (non-hydrogen) atoms. The van der Waals surface area contributed by atoms with E-state index in [4.69, 9.17) is 71.1 Å². The zero-order valence-electron chi connectivity index (χ0n) is 37.6. The Morgan fingerprint density at radius 3 is 1.06 bits per heavy atom. The maximum absolute atomic E-state index is 12.7. The van der Waals surface area contributed by atoms with E-state index < -0.39 is 160 Å². The molecule has 0 radical (unpaired) electrons. The van der Waals surface area contributed by atoms with Gasteiger partial charge in [-0.3, -0.25) is 43.2 Å². The van der Waals surface area contributed by atoms with Crippen molar-refractivity contribution in [2.24, 2.45) is 0 Å². The fourth-order valence-corrected chi connectivity index (χ4v) is 7.13. The molecule has 4 rings (SSSR count). The summed E-state index contributed by atoms with van der Waals surface area (Å²) in [5.41, 5.74) is 0.632. The number of hydrogen-bond donors (Lipinski definition) is 0. The number of hydrogen-bond acceptors (Lipinski definition) is 24. The molecule has 0 saturated carbocycles. The van der Waals surface area contributed by atoms with Crippen molar-refractivity contribution >= 4 is 53.7 Å². The van der Waals surface area contributed by atoms with E-state index in [2.05, 4.69) is 0 Å². The first kappa shape index (κ1) is 52.8. The smallest absolute Gasteiger partial charge is 0.303 e. The third-order valence-corrected chi connectivity index (χ3v) is 9.45. The van der Waals surface area contributed by atoms with Crippen molar-refractivity contribution in [3.8, 4) is 0 Å². The van der Waals surface area contributed by atoms with Gasteiger partial charge in [0.05, 0.1) is 6.61 Å². The van der Waals surface area contributed by atoms with Crippen LogP contribution in [0.25, 0.3) is 0 Å². The molecule has 1 aromatic rings. The minimum absolute atomic E-state index is 0.157. The Kier molecular flexibility index (Phi) is 19.7. The van der Waals surface area contributed by atoms with Crippen molar-refractivity contribution in [1.29, 1.82) is 0 Å². The Labute approximate surface area is 378 Å². The van der Waals surface area contributed by atoms with Crippen LogP contribution in [0.3, 0.4) is 0 Å². The van der Waals surface area contributed by atoms with Crippen LogP contribution in [-0.4, -0.2) is 160 Å². The molecule has 0 N–H and O–H groups in total. The molecule has 24 nitrogen and oxygen atoms in total. The summed E-state index contributed by atoms with van der Waals surface area (Å²) in [5, 5.41) is 0. The highest BCUT2D eigenvalue weighted by Crippen LogP contribution is 2.38. The van der Waals surface area contributed by atoms with Crippen LogP contribution in [0.2, 0.25) is 0 Å². The molecule has 3 heterocycles. The lowest BCUT2D eigenvalue weighted by Gasteiger charge is -2.46. The summed E-state index contributed by atoms with van der Waals surface area (Å²) in [6.07, 6.45) is -22.9. The van der Waals surface area contributed by atoms with Gasteiger partial charge < -0.3 is 71.1 Å². The maximum Gasteiger partial charge on any atom is 0.303 e. The van der Waals surface area contributed by atoms with Gasteiger partial charge in [0.25, 0.3) is 0 Å². The number of carbonyl (C=O) groups excluding carboxylic acids is 9. The average molecular weight is 943 g/mol. The van der Waals surface area contributed by atoms with Crippen LogP contribution in [0.4, 0.5) is 0 Å². The van der Waals surface area contributed by atoms with Crippen molar-refractivity contribution in [2.45, 2.75) is 155 Å². The molecular weight excluding hydrogens is 888 g/mol. The first-order chi connectivity index (χ1) is 31.1. The zero-order chi connectivity index (χ0) is 48.8. The summed E-state index contributed by atoms with van der Waals surface area (Å²) >= 11 is 0. The van der Waals surface area contributed by atoms with Gasteiger partial charge in [0, 0.05) is 62.3 Å². The van der Waals surface area contributed by atoms with Gasteiger partial charge in [-0.05, 0) is 5.56 Å². The van der Waals surface area contributed by atoms with Crippen LogP contribution in [-0.2, 0) is 121 Å². The topological polar surface area (TPSA) is 292 Å². The number of carbonyl (C=O) groups is 9. The summed E-state index contributed by atoms with van der Waals surface area (Å²) in [4.78, 5) is 112. The molecule has 3 fully saturated rings. The largest absolute Gasteiger partial charge is 0.463 e. The summed E-state index contributed by atoms with van der Waals surface area (Å²) in [6, 6.07) is 8.69. The Morgan fingerprint density at radius 1 is 0.379 bits per heavy atom. The number of esters is 9. The fourth-order valence-electron chi connectivity index (χ4n) is 7.13. The Bertz CT molecular complexity index is 1890. The molecule has 24 heteroatoms. The predicted molar refractivity (Wildman–Crippen MR) is 210 cm³/mol. The summed E-state index contributed by atoms with van der Waals surface area (Å²) in [6.45, 7) is 7.47. The number of benzene rings is 1. The lowest BCUT2D eigenvalue weighted by Crippen LogP contribution is -2.65. The second kappa shape index (κ2) is 24.7. The molecule has 366 valence electrons. The molecule has 0 amide bonds. The number of ether oxygens (including phenoxy) is 15. The zero-order valence-corrected chi connectivity index (χ0v) is 37.6. The van der Waals surface area contributed by atoms with E-state index in [0.717, 1.165) is 62.3 Å². The Morgan fingerprint density at radius 2 is 0.697 bits per heavy atom. The lowest BCUT2D eigenvalue weighted by atomic mass is 9.97. The molecule has 0 aliphatic carbocycles. The van der Waals surface area contributed by atoms with Gasteiger partial charge in [-0.25, -0.2) is 0 Å². The summed E-state index contributed by atoms with van der Waals surface area (Å²) in [7, 11) is 0. The maximum atomic E-state index is 12.7. The lowest BCUT2D eigenvalue weighted by molar-refractivity contribution is -0.346. The van der Waals surface area contributed by atoms with Crippen LogP contribution in [0.1, 0.15) is 67.9 Å². The first-order valence-electron chi connectivity index (χ1n) is 20.5. The van der Waals surface area contributed by atoms with Gasteiger partial charge in [0.2, 0.25) is 0 Å². The van der Waals surface area contributed by atoms with Crippen LogP contribution < -0.4 is 0 Å². The minimum Gasteiger partial charge on any atom is -0.463 e. The van der Waals surface area contributed by atoms with Gasteiger partial charge in [0.1, 0.15) is 50.3 Å². The SMILES string of the molecule is CC(=O)OC[C@H]1O[C@H](O[C@@H]2[C@@H](OCc3ccccc3)O[C@H](COC(C)=O)[C@H]2O[C@H]2O[C@H](COC(C)=O)[C@@H](OC(C)=O)[C@H](OC(C)=O)[C@@H]2OC(C)=O)[C@@H](OC(C)=O)[C@@H](OC(C)=O)[C@@H]1OC(C)=O. The van der Waals surface area contributed by atoms with E-state index in [1.165, 1.54) is 0 Å². The fraction of sp³-hybridized carbons (Fsp3) is 0.643. The second-order valence-electron chi connectivity index (χ2n) is 15.0. The van der Waals surface area contributed by atoms with E-state index in [1.54, 1.807) is 30.3 Å².